The van der Waals surface area contributed by atoms with Gasteiger partial charge in [-0.25, -0.2) is 4.98 Å². The van der Waals surface area contributed by atoms with Gasteiger partial charge in [-0.2, -0.15) is 13.2 Å². The lowest BCUT2D eigenvalue weighted by atomic mass is 10.3. The zero-order valence-electron chi connectivity index (χ0n) is 9.28. The number of alkyl halides is 3. The topological polar surface area (TPSA) is 33.1 Å². The molecule has 1 N–H and O–H groups in total. The van der Waals surface area contributed by atoms with E-state index in [9.17, 15) is 18.3 Å². The van der Waals surface area contributed by atoms with Gasteiger partial charge in [0.15, 0.2) is 0 Å². The van der Waals surface area contributed by atoms with Gasteiger partial charge in [0.1, 0.15) is 10.8 Å². The number of halogens is 4. The summed E-state index contributed by atoms with van der Waals surface area (Å²) in [7, 11) is 0. The number of phenolic OH excluding ortho intramolecular Hbond substituents is 1. The maximum atomic E-state index is 12.4. The van der Waals surface area contributed by atoms with Crippen molar-refractivity contribution in [3.63, 3.8) is 0 Å². The van der Waals surface area contributed by atoms with Crippen LogP contribution in [0.4, 0.5) is 13.2 Å². The molecule has 1 aromatic carbocycles. The van der Waals surface area contributed by atoms with Crippen molar-refractivity contribution in [2.75, 3.05) is 0 Å². The fraction of sp³-hybridized carbons (Fsp3) is 0.0833. The number of rotatable bonds is 2. The van der Waals surface area contributed by atoms with Crippen LogP contribution >= 0.6 is 23.4 Å². The Morgan fingerprint density at radius 2 is 1.95 bits per heavy atom. The zero-order chi connectivity index (χ0) is 14.0. The van der Waals surface area contributed by atoms with Gasteiger partial charge < -0.3 is 5.11 Å². The van der Waals surface area contributed by atoms with E-state index in [2.05, 4.69) is 4.98 Å². The van der Waals surface area contributed by atoms with E-state index in [1.807, 2.05) is 0 Å². The van der Waals surface area contributed by atoms with Crippen LogP contribution < -0.4 is 0 Å². The van der Waals surface area contributed by atoms with Crippen molar-refractivity contribution in [3.8, 4) is 5.75 Å². The lowest BCUT2D eigenvalue weighted by molar-refractivity contribution is -0.137. The van der Waals surface area contributed by atoms with Crippen molar-refractivity contribution in [1.82, 2.24) is 4.98 Å². The lowest BCUT2D eigenvalue weighted by Crippen LogP contribution is -2.05. The molecule has 1 heterocycles. The van der Waals surface area contributed by atoms with E-state index in [-0.39, 0.29) is 15.8 Å². The molecule has 0 radical (unpaired) electrons. The third-order valence-corrected chi connectivity index (χ3v) is 3.58. The summed E-state index contributed by atoms with van der Waals surface area (Å²) in [6.07, 6.45) is -3.73. The van der Waals surface area contributed by atoms with Crippen molar-refractivity contribution in [2.24, 2.45) is 0 Å². The number of benzene rings is 1. The van der Waals surface area contributed by atoms with Crippen molar-refractivity contribution < 1.29 is 18.3 Å². The van der Waals surface area contributed by atoms with Gasteiger partial charge in [0.2, 0.25) is 0 Å². The van der Waals surface area contributed by atoms with Gasteiger partial charge in [-0.15, -0.1) is 0 Å². The molecule has 0 saturated heterocycles. The highest BCUT2D eigenvalue weighted by Gasteiger charge is 2.31. The van der Waals surface area contributed by atoms with Gasteiger partial charge >= 0.3 is 6.18 Å². The summed E-state index contributed by atoms with van der Waals surface area (Å²) >= 11 is 6.86. The van der Waals surface area contributed by atoms with E-state index in [1.165, 1.54) is 12.1 Å². The van der Waals surface area contributed by atoms with E-state index in [1.54, 1.807) is 12.1 Å². The van der Waals surface area contributed by atoms with Gasteiger partial charge in [-0.05, 0) is 24.3 Å². The van der Waals surface area contributed by atoms with Crippen molar-refractivity contribution in [3.05, 3.63) is 47.1 Å². The molecule has 0 aliphatic heterocycles. The van der Waals surface area contributed by atoms with Crippen LogP contribution in [-0.4, -0.2) is 10.1 Å². The maximum Gasteiger partial charge on any atom is 0.417 e. The van der Waals surface area contributed by atoms with Gasteiger partial charge in [0, 0.05) is 11.1 Å². The monoisotopic (exact) mass is 305 g/mol. The second-order valence-corrected chi connectivity index (χ2v) is 5.08. The minimum absolute atomic E-state index is 0.0630. The van der Waals surface area contributed by atoms with Gasteiger partial charge in [-0.1, -0.05) is 29.4 Å². The second kappa shape index (κ2) is 5.30. The maximum absolute atomic E-state index is 12.4. The molecule has 0 atom stereocenters. The zero-order valence-corrected chi connectivity index (χ0v) is 10.9. The molecule has 0 aliphatic rings. The van der Waals surface area contributed by atoms with E-state index < -0.39 is 11.7 Å². The minimum atomic E-state index is -4.47. The molecule has 1 aromatic heterocycles. The highest BCUT2D eigenvalue weighted by Crippen LogP contribution is 2.36. The minimum Gasteiger partial charge on any atom is -0.508 e. The van der Waals surface area contributed by atoms with Gasteiger partial charge in [0.05, 0.1) is 10.6 Å². The molecule has 19 heavy (non-hydrogen) atoms. The molecule has 0 fully saturated rings. The summed E-state index contributed by atoms with van der Waals surface area (Å²) in [5, 5.41) is 9.47. The number of phenols is 1. The van der Waals surface area contributed by atoms with Crippen LogP contribution in [0, 0.1) is 0 Å². The molecule has 100 valence electrons. The fourth-order valence-electron chi connectivity index (χ4n) is 1.31. The number of aromatic hydroxyl groups is 1. The Morgan fingerprint density at radius 1 is 1.21 bits per heavy atom. The summed E-state index contributed by atoms with van der Waals surface area (Å²) in [4.78, 5) is 4.33. The largest absolute Gasteiger partial charge is 0.508 e. The summed E-state index contributed by atoms with van der Waals surface area (Å²) in [5.74, 6) is 0.0630. The standard InChI is InChI=1S/C12H7ClF3NOS/c13-10-4-7(12(14,15)16)6-17-11(10)19-9-3-1-2-8(18)5-9/h1-6,18H. The number of nitrogens with zero attached hydrogens (tertiary/aromatic N) is 1. The Morgan fingerprint density at radius 3 is 2.53 bits per heavy atom. The van der Waals surface area contributed by atoms with Crippen molar-refractivity contribution in [1.29, 1.82) is 0 Å². The summed E-state index contributed by atoms with van der Waals surface area (Å²) < 4.78 is 37.3. The third-order valence-electron chi connectivity index (χ3n) is 2.17. The van der Waals surface area contributed by atoms with Gasteiger partial charge in [0.25, 0.3) is 0 Å². The number of pyridine rings is 1. The summed E-state index contributed by atoms with van der Waals surface area (Å²) in [6.45, 7) is 0. The Bertz CT molecular complexity index is 604. The Kier molecular flexibility index (Phi) is 3.91. The first-order valence-corrected chi connectivity index (χ1v) is 6.25. The molecule has 0 saturated carbocycles. The summed E-state index contributed by atoms with van der Waals surface area (Å²) in [5.41, 5.74) is -0.891. The molecule has 2 nitrogen and oxygen atoms in total. The predicted molar refractivity (Wildman–Crippen MR) is 66.5 cm³/mol. The molecule has 2 rings (SSSR count). The van der Waals surface area contributed by atoms with Crippen molar-refractivity contribution >= 4 is 23.4 Å². The summed E-state index contributed by atoms with van der Waals surface area (Å²) in [6, 6.07) is 7.11. The highest BCUT2D eigenvalue weighted by atomic mass is 35.5. The molecule has 0 bridgehead atoms. The van der Waals surface area contributed by atoms with E-state index >= 15 is 0 Å². The lowest BCUT2D eigenvalue weighted by Gasteiger charge is -2.08. The van der Waals surface area contributed by atoms with Crippen LogP contribution in [0.5, 0.6) is 5.75 Å². The number of hydrogen-bond donors (Lipinski definition) is 1. The average molecular weight is 306 g/mol. The molecule has 7 heteroatoms. The first kappa shape index (κ1) is 14.0. The molecular weight excluding hydrogens is 299 g/mol. The van der Waals surface area contributed by atoms with Crippen LogP contribution in [0.25, 0.3) is 0 Å². The normalized spacial score (nSPS) is 11.6. The number of hydrogen-bond acceptors (Lipinski definition) is 3. The highest BCUT2D eigenvalue weighted by molar-refractivity contribution is 7.99. The predicted octanol–water partition coefficient (Wildman–Crippen LogP) is 4.61. The van der Waals surface area contributed by atoms with Crippen LogP contribution in [0.15, 0.2) is 46.5 Å². The Hall–Kier alpha value is -1.40. The average Bonchev–Trinajstić information content (AvgIpc) is 2.30. The van der Waals surface area contributed by atoms with Crippen LogP contribution in [0.2, 0.25) is 5.02 Å². The Balaban J connectivity index is 2.27. The Labute approximate surface area is 116 Å². The molecule has 0 spiro atoms. The van der Waals surface area contributed by atoms with Crippen LogP contribution in [-0.2, 0) is 6.18 Å². The molecule has 0 aliphatic carbocycles. The first-order valence-electron chi connectivity index (χ1n) is 5.06. The smallest absolute Gasteiger partial charge is 0.417 e. The second-order valence-electron chi connectivity index (χ2n) is 3.61. The molecule has 2 aromatic rings. The first-order chi connectivity index (χ1) is 8.86. The quantitative estimate of drug-likeness (QED) is 0.879. The molecular formula is C12H7ClF3NOS. The SMILES string of the molecule is Oc1cccc(Sc2ncc(C(F)(F)F)cc2Cl)c1. The van der Waals surface area contributed by atoms with Crippen LogP contribution in [0.3, 0.4) is 0 Å². The number of aromatic nitrogens is 1. The van der Waals surface area contributed by atoms with E-state index in [0.717, 1.165) is 24.0 Å². The van der Waals surface area contributed by atoms with E-state index in [0.29, 0.717) is 4.90 Å². The van der Waals surface area contributed by atoms with Crippen LogP contribution in [0.1, 0.15) is 5.56 Å². The van der Waals surface area contributed by atoms with Crippen molar-refractivity contribution in [2.45, 2.75) is 16.1 Å². The molecule has 0 amide bonds. The fourth-order valence-corrected chi connectivity index (χ4v) is 2.41. The third kappa shape index (κ3) is 3.54. The van der Waals surface area contributed by atoms with Gasteiger partial charge in [-0.3, -0.25) is 0 Å². The van der Waals surface area contributed by atoms with E-state index in [4.69, 9.17) is 11.6 Å². The molecule has 0 unspecified atom stereocenters.